The van der Waals surface area contributed by atoms with E-state index in [1.807, 2.05) is 0 Å². The van der Waals surface area contributed by atoms with Crippen molar-refractivity contribution in [2.45, 2.75) is 32.2 Å². The first kappa shape index (κ1) is 11.7. The highest BCUT2D eigenvalue weighted by Gasteiger charge is 2.21. The monoisotopic (exact) mass is 228 g/mol. The molecule has 2 saturated heterocycles. The zero-order valence-electron chi connectivity index (χ0n) is 9.87. The molecular weight excluding hydrogens is 204 g/mol. The van der Waals surface area contributed by atoms with E-state index < -0.39 is 0 Å². The summed E-state index contributed by atoms with van der Waals surface area (Å²) in [7, 11) is 0. The lowest BCUT2D eigenvalue weighted by atomic mass is 9.94. The Morgan fingerprint density at radius 1 is 1.33 bits per heavy atom. The van der Waals surface area contributed by atoms with Gasteiger partial charge < -0.3 is 10.2 Å². The quantitative estimate of drug-likeness (QED) is 0.793. The molecule has 2 aliphatic heterocycles. The summed E-state index contributed by atoms with van der Waals surface area (Å²) in [6.45, 7) is 7.49. The molecule has 3 heteroatoms. The van der Waals surface area contributed by atoms with Crippen molar-refractivity contribution in [3.8, 4) is 0 Å². The molecule has 1 unspecified atom stereocenters. The van der Waals surface area contributed by atoms with E-state index in [2.05, 4.69) is 28.9 Å². The van der Waals surface area contributed by atoms with Crippen LogP contribution in [0.3, 0.4) is 0 Å². The van der Waals surface area contributed by atoms with Gasteiger partial charge in [-0.3, -0.25) is 0 Å². The van der Waals surface area contributed by atoms with E-state index in [1.165, 1.54) is 56.9 Å². The Balaban J connectivity index is 1.67. The highest BCUT2D eigenvalue weighted by atomic mass is 32.2. The van der Waals surface area contributed by atoms with Gasteiger partial charge in [-0.05, 0) is 31.8 Å². The van der Waals surface area contributed by atoms with Crippen LogP contribution in [-0.4, -0.2) is 48.6 Å². The number of rotatable bonds is 3. The van der Waals surface area contributed by atoms with Gasteiger partial charge in [0.2, 0.25) is 0 Å². The maximum atomic E-state index is 3.63. The second-order valence-corrected chi connectivity index (χ2v) is 6.03. The lowest BCUT2D eigenvalue weighted by Crippen LogP contribution is -2.47. The molecule has 0 radical (unpaired) electrons. The van der Waals surface area contributed by atoms with Crippen LogP contribution in [0.15, 0.2) is 0 Å². The number of piperidine rings is 1. The fourth-order valence-corrected chi connectivity index (χ4v) is 3.56. The van der Waals surface area contributed by atoms with Gasteiger partial charge in [0.05, 0.1) is 0 Å². The van der Waals surface area contributed by atoms with Crippen molar-refractivity contribution in [1.29, 1.82) is 0 Å². The summed E-state index contributed by atoms with van der Waals surface area (Å²) < 4.78 is 0. The van der Waals surface area contributed by atoms with Gasteiger partial charge >= 0.3 is 0 Å². The van der Waals surface area contributed by atoms with Gasteiger partial charge in [-0.25, -0.2) is 0 Å². The van der Waals surface area contributed by atoms with Crippen molar-refractivity contribution in [2.75, 3.05) is 37.7 Å². The Morgan fingerprint density at radius 2 is 2.13 bits per heavy atom. The minimum Gasteiger partial charge on any atom is -0.311 e. The predicted molar refractivity (Wildman–Crippen MR) is 68.6 cm³/mol. The molecule has 0 aromatic heterocycles. The molecule has 15 heavy (non-hydrogen) atoms. The second-order valence-electron chi connectivity index (χ2n) is 4.88. The molecule has 0 aromatic rings. The summed E-state index contributed by atoms with van der Waals surface area (Å²) in [6.07, 6.45) is 4.23. The van der Waals surface area contributed by atoms with Crippen LogP contribution < -0.4 is 5.32 Å². The number of nitrogens with one attached hydrogen (secondary N) is 1. The van der Waals surface area contributed by atoms with Crippen LogP contribution >= 0.6 is 11.8 Å². The molecule has 2 fully saturated rings. The molecule has 2 rings (SSSR count). The van der Waals surface area contributed by atoms with E-state index in [0.29, 0.717) is 0 Å². The van der Waals surface area contributed by atoms with Gasteiger partial charge in [0.1, 0.15) is 0 Å². The Bertz CT molecular complexity index is 172. The number of hydrogen-bond acceptors (Lipinski definition) is 3. The van der Waals surface area contributed by atoms with Crippen molar-refractivity contribution in [1.82, 2.24) is 10.2 Å². The molecule has 0 saturated carbocycles. The van der Waals surface area contributed by atoms with Crippen LogP contribution in [0.25, 0.3) is 0 Å². The fourth-order valence-electron chi connectivity index (χ4n) is 2.63. The molecule has 0 aliphatic carbocycles. The summed E-state index contributed by atoms with van der Waals surface area (Å²) in [6, 6.07) is 0.752. The normalized spacial score (nSPS) is 30.6. The fraction of sp³-hybridized carbons (Fsp3) is 1.00. The third-order valence-corrected chi connectivity index (χ3v) is 4.89. The Labute approximate surface area is 98.2 Å². The maximum absolute atomic E-state index is 3.63. The standard InChI is InChI=1S/C12H24N2S/c1-2-11-3-6-14(7-4-11)9-12-10-15-8-5-13-12/h11-13H,2-10H2,1H3. The number of hydrogen-bond donors (Lipinski definition) is 1. The number of nitrogens with zero attached hydrogens (tertiary/aromatic N) is 1. The van der Waals surface area contributed by atoms with Gasteiger partial charge in [0.15, 0.2) is 0 Å². The van der Waals surface area contributed by atoms with Crippen LogP contribution in [0, 0.1) is 5.92 Å². The van der Waals surface area contributed by atoms with Crippen molar-refractivity contribution < 1.29 is 0 Å². The van der Waals surface area contributed by atoms with E-state index in [9.17, 15) is 0 Å². The summed E-state index contributed by atoms with van der Waals surface area (Å²) in [4.78, 5) is 2.66. The first-order valence-electron chi connectivity index (χ1n) is 6.42. The maximum Gasteiger partial charge on any atom is 0.0285 e. The van der Waals surface area contributed by atoms with Gasteiger partial charge in [-0.15, -0.1) is 0 Å². The molecule has 2 heterocycles. The Kier molecular flexibility index (Phi) is 4.79. The molecule has 88 valence electrons. The van der Waals surface area contributed by atoms with Gasteiger partial charge in [-0.2, -0.15) is 11.8 Å². The lowest BCUT2D eigenvalue weighted by Gasteiger charge is -2.35. The van der Waals surface area contributed by atoms with Crippen molar-refractivity contribution >= 4 is 11.8 Å². The summed E-state index contributed by atoms with van der Waals surface area (Å²) in [5, 5.41) is 3.63. The molecule has 0 spiro atoms. The zero-order chi connectivity index (χ0) is 10.5. The molecule has 0 aromatic carbocycles. The topological polar surface area (TPSA) is 15.3 Å². The molecule has 2 nitrogen and oxygen atoms in total. The summed E-state index contributed by atoms with van der Waals surface area (Å²) >= 11 is 2.11. The van der Waals surface area contributed by atoms with Crippen molar-refractivity contribution in [3.63, 3.8) is 0 Å². The van der Waals surface area contributed by atoms with E-state index in [1.54, 1.807) is 0 Å². The van der Waals surface area contributed by atoms with Crippen LogP contribution in [0.1, 0.15) is 26.2 Å². The minimum atomic E-state index is 0.752. The highest BCUT2D eigenvalue weighted by molar-refractivity contribution is 7.99. The lowest BCUT2D eigenvalue weighted by molar-refractivity contribution is 0.169. The van der Waals surface area contributed by atoms with Crippen LogP contribution in [0.4, 0.5) is 0 Å². The van der Waals surface area contributed by atoms with Gasteiger partial charge in [0.25, 0.3) is 0 Å². The van der Waals surface area contributed by atoms with E-state index in [-0.39, 0.29) is 0 Å². The molecule has 1 atom stereocenters. The molecule has 0 bridgehead atoms. The van der Waals surface area contributed by atoms with Crippen LogP contribution in [0.2, 0.25) is 0 Å². The van der Waals surface area contributed by atoms with Crippen molar-refractivity contribution in [3.05, 3.63) is 0 Å². The summed E-state index contributed by atoms with van der Waals surface area (Å²) in [5.74, 6) is 3.62. The summed E-state index contributed by atoms with van der Waals surface area (Å²) in [5.41, 5.74) is 0. The van der Waals surface area contributed by atoms with E-state index in [0.717, 1.165) is 12.0 Å². The average Bonchev–Trinajstić information content (AvgIpc) is 2.31. The van der Waals surface area contributed by atoms with E-state index >= 15 is 0 Å². The van der Waals surface area contributed by atoms with E-state index in [4.69, 9.17) is 0 Å². The van der Waals surface area contributed by atoms with Crippen molar-refractivity contribution in [2.24, 2.45) is 5.92 Å². The van der Waals surface area contributed by atoms with Gasteiger partial charge in [0, 0.05) is 30.6 Å². The minimum absolute atomic E-state index is 0.752. The smallest absolute Gasteiger partial charge is 0.0285 e. The zero-order valence-corrected chi connectivity index (χ0v) is 10.7. The first-order chi connectivity index (χ1) is 7.38. The SMILES string of the molecule is CCC1CCN(CC2CSCCN2)CC1. The largest absolute Gasteiger partial charge is 0.311 e. The first-order valence-corrected chi connectivity index (χ1v) is 7.57. The molecular formula is C12H24N2S. The van der Waals surface area contributed by atoms with Crippen LogP contribution in [-0.2, 0) is 0 Å². The Morgan fingerprint density at radius 3 is 2.73 bits per heavy atom. The number of thioether (sulfide) groups is 1. The average molecular weight is 228 g/mol. The molecule has 0 amide bonds. The predicted octanol–water partition coefficient (Wildman–Crippen LogP) is 1.81. The van der Waals surface area contributed by atoms with Crippen LogP contribution in [0.5, 0.6) is 0 Å². The molecule has 2 aliphatic rings. The number of likely N-dealkylation sites (tertiary alicyclic amines) is 1. The van der Waals surface area contributed by atoms with Gasteiger partial charge in [-0.1, -0.05) is 13.3 Å². The highest BCUT2D eigenvalue weighted by Crippen LogP contribution is 2.20. The second kappa shape index (κ2) is 6.12. The molecule has 1 N–H and O–H groups in total. The Hall–Kier alpha value is 0.270. The third-order valence-electron chi connectivity index (χ3n) is 3.76. The third kappa shape index (κ3) is 3.65.